The molecule has 1 aromatic carbocycles. The van der Waals surface area contributed by atoms with Gasteiger partial charge in [0.15, 0.2) is 0 Å². The number of amides is 1. The van der Waals surface area contributed by atoms with Crippen LogP contribution < -0.4 is 10.1 Å². The summed E-state index contributed by atoms with van der Waals surface area (Å²) < 4.78 is 5.20. The number of hydrogen-bond donors (Lipinski definition) is 2. The highest BCUT2D eigenvalue weighted by Gasteiger charge is 2.09. The number of H-pyrrole nitrogens is 1. The first-order valence-corrected chi connectivity index (χ1v) is 7.85. The molecular weight excluding hydrogens is 278 g/mol. The maximum absolute atomic E-state index is 12.2. The quantitative estimate of drug-likeness (QED) is 0.737. The molecule has 0 radical (unpaired) electrons. The average molecular weight is 303 g/mol. The summed E-state index contributed by atoms with van der Waals surface area (Å²) in [4.78, 5) is 17.7. The number of aromatic amines is 1. The van der Waals surface area contributed by atoms with Gasteiger partial charge in [-0.1, -0.05) is 13.8 Å². The van der Waals surface area contributed by atoms with Gasteiger partial charge in [-0.2, -0.15) is 0 Å². The number of fused-ring (bicyclic) bond motifs is 1. The molecule has 120 valence electrons. The second-order valence-corrected chi connectivity index (χ2v) is 5.27. The van der Waals surface area contributed by atoms with Crippen molar-refractivity contribution in [2.45, 2.75) is 20.3 Å². The van der Waals surface area contributed by atoms with Crippen LogP contribution in [0.2, 0.25) is 0 Å². The molecule has 0 aliphatic rings. The Bertz CT molecular complexity index is 617. The van der Waals surface area contributed by atoms with Crippen molar-refractivity contribution in [1.82, 2.24) is 15.2 Å². The summed E-state index contributed by atoms with van der Waals surface area (Å²) in [7, 11) is 1.64. The number of carbonyl (C=O) groups is 1. The van der Waals surface area contributed by atoms with Crippen molar-refractivity contribution in [3.05, 3.63) is 30.0 Å². The van der Waals surface area contributed by atoms with Gasteiger partial charge >= 0.3 is 0 Å². The van der Waals surface area contributed by atoms with E-state index in [9.17, 15) is 4.79 Å². The Labute approximate surface area is 131 Å². The topological polar surface area (TPSA) is 57.4 Å². The molecule has 2 N–H and O–H groups in total. The first-order chi connectivity index (χ1) is 10.7. The van der Waals surface area contributed by atoms with Crippen LogP contribution in [-0.2, 0) is 0 Å². The van der Waals surface area contributed by atoms with E-state index >= 15 is 0 Å². The normalized spacial score (nSPS) is 11.1. The fraction of sp³-hybridized carbons (Fsp3) is 0.471. The molecule has 0 aliphatic carbocycles. The molecule has 0 fully saturated rings. The smallest absolute Gasteiger partial charge is 0.267 e. The highest BCUT2D eigenvalue weighted by atomic mass is 16.5. The van der Waals surface area contributed by atoms with E-state index in [0.29, 0.717) is 12.2 Å². The molecule has 0 spiro atoms. The first kappa shape index (κ1) is 16.4. The van der Waals surface area contributed by atoms with Crippen LogP contribution in [0.5, 0.6) is 5.75 Å². The summed E-state index contributed by atoms with van der Waals surface area (Å²) in [6, 6.07) is 7.58. The number of nitrogens with one attached hydrogen (secondary N) is 2. The Hall–Kier alpha value is -2.01. The van der Waals surface area contributed by atoms with E-state index < -0.39 is 0 Å². The number of ether oxygens (including phenoxy) is 1. The Morgan fingerprint density at radius 2 is 2.05 bits per heavy atom. The minimum absolute atomic E-state index is 0.0605. The number of methoxy groups -OCH3 is 1. The van der Waals surface area contributed by atoms with E-state index in [1.165, 1.54) is 0 Å². The number of nitrogens with zero attached hydrogens (tertiary/aromatic N) is 1. The number of hydrogen-bond acceptors (Lipinski definition) is 3. The van der Waals surface area contributed by atoms with Crippen molar-refractivity contribution in [2.75, 3.05) is 33.3 Å². The highest BCUT2D eigenvalue weighted by molar-refractivity contribution is 5.98. The van der Waals surface area contributed by atoms with Crippen molar-refractivity contribution < 1.29 is 9.53 Å². The van der Waals surface area contributed by atoms with Gasteiger partial charge in [0.2, 0.25) is 0 Å². The molecule has 22 heavy (non-hydrogen) atoms. The minimum atomic E-state index is -0.0605. The lowest BCUT2D eigenvalue weighted by molar-refractivity contribution is 0.0947. The number of benzene rings is 1. The lowest BCUT2D eigenvalue weighted by Crippen LogP contribution is -2.30. The van der Waals surface area contributed by atoms with Crippen molar-refractivity contribution in [1.29, 1.82) is 0 Å². The Balaban J connectivity index is 1.90. The average Bonchev–Trinajstić information content (AvgIpc) is 2.97. The van der Waals surface area contributed by atoms with Crippen LogP contribution in [0.25, 0.3) is 10.9 Å². The molecule has 2 aromatic rings. The highest BCUT2D eigenvalue weighted by Crippen LogP contribution is 2.21. The Morgan fingerprint density at radius 1 is 1.27 bits per heavy atom. The maximum atomic E-state index is 12.2. The van der Waals surface area contributed by atoms with Crippen molar-refractivity contribution in [3.63, 3.8) is 0 Å². The molecule has 0 aliphatic heterocycles. The zero-order chi connectivity index (χ0) is 15.9. The number of aromatic nitrogens is 1. The third-order valence-electron chi connectivity index (χ3n) is 3.90. The van der Waals surface area contributed by atoms with Gasteiger partial charge in [-0.25, -0.2) is 0 Å². The van der Waals surface area contributed by atoms with Crippen molar-refractivity contribution in [3.8, 4) is 5.75 Å². The number of rotatable bonds is 8. The molecule has 0 bridgehead atoms. The van der Waals surface area contributed by atoms with E-state index in [-0.39, 0.29) is 5.91 Å². The number of carbonyl (C=O) groups excluding carboxylic acids is 1. The van der Waals surface area contributed by atoms with E-state index in [2.05, 4.69) is 29.0 Å². The van der Waals surface area contributed by atoms with Gasteiger partial charge < -0.3 is 19.9 Å². The van der Waals surface area contributed by atoms with E-state index in [1.54, 1.807) is 7.11 Å². The molecule has 5 nitrogen and oxygen atoms in total. The van der Waals surface area contributed by atoms with Gasteiger partial charge in [0.1, 0.15) is 11.4 Å². The standard InChI is InChI=1S/C17H25N3O2/c1-4-20(5-2)10-6-9-18-17(21)16-12-13-11-14(22-3)7-8-15(13)19-16/h7-8,11-12,19H,4-6,9-10H2,1-3H3,(H,18,21). The van der Waals surface area contributed by atoms with Gasteiger partial charge in [-0.3, -0.25) is 4.79 Å². The van der Waals surface area contributed by atoms with Crippen LogP contribution in [0, 0.1) is 0 Å². The molecule has 0 atom stereocenters. The zero-order valence-electron chi connectivity index (χ0n) is 13.6. The SMILES string of the molecule is CCN(CC)CCCNC(=O)c1cc2cc(OC)ccc2[nH]1. The van der Waals surface area contributed by atoms with E-state index in [1.807, 2.05) is 24.3 Å². The van der Waals surface area contributed by atoms with Gasteiger partial charge in [0.25, 0.3) is 5.91 Å². The van der Waals surface area contributed by atoms with Crippen LogP contribution in [0.3, 0.4) is 0 Å². The van der Waals surface area contributed by atoms with E-state index in [4.69, 9.17) is 4.74 Å². The third-order valence-corrected chi connectivity index (χ3v) is 3.90. The lowest BCUT2D eigenvalue weighted by Gasteiger charge is -2.17. The van der Waals surface area contributed by atoms with Gasteiger partial charge in [0.05, 0.1) is 7.11 Å². The summed E-state index contributed by atoms with van der Waals surface area (Å²) in [6.45, 7) is 8.11. The Kier molecular flexibility index (Phi) is 5.83. The summed E-state index contributed by atoms with van der Waals surface area (Å²) in [6.07, 6.45) is 0.960. The van der Waals surface area contributed by atoms with Crippen LogP contribution in [0.1, 0.15) is 30.8 Å². The molecule has 0 unspecified atom stereocenters. The van der Waals surface area contributed by atoms with Gasteiger partial charge in [0, 0.05) is 17.4 Å². The molecule has 2 rings (SSSR count). The second kappa shape index (κ2) is 7.84. The van der Waals surface area contributed by atoms with Gasteiger partial charge in [-0.15, -0.1) is 0 Å². The predicted octanol–water partition coefficient (Wildman–Crippen LogP) is 2.64. The van der Waals surface area contributed by atoms with Crippen LogP contribution in [0.15, 0.2) is 24.3 Å². The van der Waals surface area contributed by atoms with Crippen molar-refractivity contribution in [2.24, 2.45) is 0 Å². The fourth-order valence-electron chi connectivity index (χ4n) is 2.50. The lowest BCUT2D eigenvalue weighted by atomic mass is 10.2. The monoisotopic (exact) mass is 303 g/mol. The summed E-state index contributed by atoms with van der Waals surface area (Å²) in [5, 5.41) is 3.94. The van der Waals surface area contributed by atoms with Crippen LogP contribution in [0.4, 0.5) is 0 Å². The van der Waals surface area contributed by atoms with Crippen LogP contribution >= 0.6 is 0 Å². The molecule has 0 saturated heterocycles. The molecule has 1 aromatic heterocycles. The third kappa shape index (κ3) is 4.01. The molecular formula is C17H25N3O2. The summed E-state index contributed by atoms with van der Waals surface area (Å²) >= 11 is 0. The van der Waals surface area contributed by atoms with E-state index in [0.717, 1.165) is 42.7 Å². The second-order valence-electron chi connectivity index (χ2n) is 5.27. The molecule has 1 amide bonds. The van der Waals surface area contributed by atoms with Gasteiger partial charge in [-0.05, 0) is 50.3 Å². The predicted molar refractivity (Wildman–Crippen MR) is 89.6 cm³/mol. The zero-order valence-corrected chi connectivity index (χ0v) is 13.6. The van der Waals surface area contributed by atoms with Crippen molar-refractivity contribution >= 4 is 16.8 Å². The molecule has 0 saturated carbocycles. The fourth-order valence-corrected chi connectivity index (χ4v) is 2.50. The van der Waals surface area contributed by atoms with Crippen LogP contribution in [-0.4, -0.2) is 49.1 Å². The Morgan fingerprint density at radius 3 is 2.73 bits per heavy atom. The first-order valence-electron chi connectivity index (χ1n) is 7.85. The summed E-state index contributed by atoms with van der Waals surface area (Å²) in [5.41, 5.74) is 1.53. The molecule has 5 heteroatoms. The minimum Gasteiger partial charge on any atom is -0.497 e. The largest absolute Gasteiger partial charge is 0.497 e. The molecule has 1 heterocycles. The summed E-state index contributed by atoms with van der Waals surface area (Å²) in [5.74, 6) is 0.729. The maximum Gasteiger partial charge on any atom is 0.267 e.